The van der Waals surface area contributed by atoms with Gasteiger partial charge in [0.25, 0.3) is 0 Å². The van der Waals surface area contributed by atoms with Crippen LogP contribution >= 0.6 is 0 Å². The summed E-state index contributed by atoms with van der Waals surface area (Å²) < 4.78 is 5.78. The minimum Gasteiger partial charge on any atom is -0.378 e. The van der Waals surface area contributed by atoms with Crippen molar-refractivity contribution < 1.29 is 9.53 Å². The topological polar surface area (TPSA) is 66.0 Å². The van der Waals surface area contributed by atoms with E-state index in [1.165, 1.54) is 0 Å². The quantitative estimate of drug-likeness (QED) is 0.495. The van der Waals surface area contributed by atoms with E-state index in [0.717, 1.165) is 18.5 Å². The molecule has 6 nitrogen and oxygen atoms in total. The van der Waals surface area contributed by atoms with Gasteiger partial charge >= 0.3 is 0 Å². The standard InChI is InChI=1S/C20H34N4O2/c1-6-26-18(16(2)3)12-13-21-20(23-15-19(25)24(4)5)22-14-17-10-8-7-9-11-17/h7-11,16,18H,6,12-15H2,1-5H3,(H2,21,22,23). The van der Waals surface area contributed by atoms with Gasteiger partial charge in [0.05, 0.1) is 19.2 Å². The Bertz CT molecular complexity index is 544. The van der Waals surface area contributed by atoms with Gasteiger partial charge in [-0.2, -0.15) is 0 Å². The van der Waals surface area contributed by atoms with E-state index in [-0.39, 0.29) is 18.6 Å². The van der Waals surface area contributed by atoms with Gasteiger partial charge in [-0.05, 0) is 24.8 Å². The molecule has 146 valence electrons. The molecule has 26 heavy (non-hydrogen) atoms. The summed E-state index contributed by atoms with van der Waals surface area (Å²) in [5.41, 5.74) is 1.13. The second-order valence-electron chi connectivity index (χ2n) is 6.75. The Labute approximate surface area is 158 Å². The van der Waals surface area contributed by atoms with Crippen LogP contribution in [0.1, 0.15) is 32.8 Å². The molecule has 0 saturated carbocycles. The SMILES string of the molecule is CCOC(CCNC(=NCc1ccccc1)NCC(=O)N(C)C)C(C)C. The number of hydrogen-bond acceptors (Lipinski definition) is 3. The molecule has 0 aliphatic rings. The molecular weight excluding hydrogens is 328 g/mol. The zero-order valence-electron chi connectivity index (χ0n) is 16.8. The maximum absolute atomic E-state index is 11.8. The largest absolute Gasteiger partial charge is 0.378 e. The molecule has 1 atom stereocenters. The van der Waals surface area contributed by atoms with Gasteiger partial charge in [0.1, 0.15) is 0 Å². The molecule has 1 amide bonds. The molecule has 1 unspecified atom stereocenters. The highest BCUT2D eigenvalue weighted by molar-refractivity contribution is 5.86. The van der Waals surface area contributed by atoms with Crippen molar-refractivity contribution in [2.45, 2.75) is 39.8 Å². The molecule has 6 heteroatoms. The first-order valence-electron chi connectivity index (χ1n) is 9.31. The van der Waals surface area contributed by atoms with E-state index in [4.69, 9.17) is 4.74 Å². The Hall–Kier alpha value is -2.08. The molecular formula is C20H34N4O2. The van der Waals surface area contributed by atoms with Crippen LogP contribution in [0, 0.1) is 5.92 Å². The highest BCUT2D eigenvalue weighted by Gasteiger charge is 2.13. The molecule has 0 bridgehead atoms. The summed E-state index contributed by atoms with van der Waals surface area (Å²) in [7, 11) is 3.49. The zero-order chi connectivity index (χ0) is 19.4. The first-order valence-corrected chi connectivity index (χ1v) is 9.31. The third-order valence-electron chi connectivity index (χ3n) is 4.01. The summed E-state index contributed by atoms with van der Waals surface area (Å²) in [6.45, 7) is 8.58. The summed E-state index contributed by atoms with van der Waals surface area (Å²) in [6, 6.07) is 10.1. The number of nitrogens with zero attached hydrogens (tertiary/aromatic N) is 2. The molecule has 0 radical (unpaired) electrons. The lowest BCUT2D eigenvalue weighted by Gasteiger charge is -2.22. The number of likely N-dealkylation sites (N-methyl/N-ethyl adjacent to an activating group) is 1. The van der Waals surface area contributed by atoms with Crippen LogP contribution in [0.25, 0.3) is 0 Å². The summed E-state index contributed by atoms with van der Waals surface area (Å²) in [5.74, 6) is 1.11. The Morgan fingerprint density at radius 1 is 1.19 bits per heavy atom. The average Bonchev–Trinajstić information content (AvgIpc) is 2.62. The number of hydrogen-bond donors (Lipinski definition) is 2. The third-order valence-corrected chi connectivity index (χ3v) is 4.01. The van der Waals surface area contributed by atoms with Crippen LogP contribution in [0.5, 0.6) is 0 Å². The summed E-state index contributed by atoms with van der Waals surface area (Å²) in [4.78, 5) is 18.0. The zero-order valence-corrected chi connectivity index (χ0v) is 16.8. The van der Waals surface area contributed by atoms with Crippen molar-refractivity contribution >= 4 is 11.9 Å². The predicted molar refractivity (Wildman–Crippen MR) is 107 cm³/mol. The van der Waals surface area contributed by atoms with Crippen LogP contribution in [0.2, 0.25) is 0 Å². The van der Waals surface area contributed by atoms with Crippen molar-refractivity contribution in [3.63, 3.8) is 0 Å². The Morgan fingerprint density at radius 2 is 1.88 bits per heavy atom. The van der Waals surface area contributed by atoms with Crippen molar-refractivity contribution in [1.82, 2.24) is 15.5 Å². The van der Waals surface area contributed by atoms with Gasteiger partial charge in [-0.25, -0.2) is 4.99 Å². The number of guanidine groups is 1. The molecule has 0 aromatic heterocycles. The average molecular weight is 363 g/mol. The van der Waals surface area contributed by atoms with Crippen molar-refractivity contribution in [2.24, 2.45) is 10.9 Å². The molecule has 0 aliphatic carbocycles. The van der Waals surface area contributed by atoms with Gasteiger partial charge in [-0.15, -0.1) is 0 Å². The van der Waals surface area contributed by atoms with Gasteiger partial charge in [0.2, 0.25) is 5.91 Å². The maximum atomic E-state index is 11.8. The van der Waals surface area contributed by atoms with E-state index < -0.39 is 0 Å². The normalized spacial score (nSPS) is 12.8. The minimum absolute atomic E-state index is 0.00795. The Morgan fingerprint density at radius 3 is 2.46 bits per heavy atom. The van der Waals surface area contributed by atoms with Crippen molar-refractivity contribution in [2.75, 3.05) is 33.8 Å². The van der Waals surface area contributed by atoms with Crippen LogP contribution in [-0.2, 0) is 16.1 Å². The van der Waals surface area contributed by atoms with Crippen LogP contribution < -0.4 is 10.6 Å². The van der Waals surface area contributed by atoms with Gasteiger partial charge in [-0.1, -0.05) is 44.2 Å². The van der Waals surface area contributed by atoms with E-state index in [9.17, 15) is 4.79 Å². The highest BCUT2D eigenvalue weighted by atomic mass is 16.5. The van der Waals surface area contributed by atoms with Crippen LogP contribution in [0.15, 0.2) is 35.3 Å². The first-order chi connectivity index (χ1) is 12.4. The van der Waals surface area contributed by atoms with Gasteiger partial charge in [0, 0.05) is 27.2 Å². The summed E-state index contributed by atoms with van der Waals surface area (Å²) in [6.07, 6.45) is 1.10. The molecule has 0 saturated heterocycles. The Kier molecular flexibility index (Phi) is 10.4. The van der Waals surface area contributed by atoms with E-state index in [1.54, 1.807) is 19.0 Å². The molecule has 1 rings (SSSR count). The number of ether oxygens (including phenoxy) is 1. The number of amides is 1. The lowest BCUT2D eigenvalue weighted by Crippen LogP contribution is -2.44. The second-order valence-corrected chi connectivity index (χ2v) is 6.75. The fraction of sp³-hybridized carbons (Fsp3) is 0.600. The van der Waals surface area contributed by atoms with Crippen LogP contribution in [-0.4, -0.2) is 56.7 Å². The smallest absolute Gasteiger partial charge is 0.241 e. The third kappa shape index (κ3) is 8.85. The van der Waals surface area contributed by atoms with Gasteiger partial charge < -0.3 is 20.3 Å². The van der Waals surface area contributed by atoms with Crippen LogP contribution in [0.3, 0.4) is 0 Å². The molecule has 0 heterocycles. The van der Waals surface area contributed by atoms with E-state index in [0.29, 0.717) is 25.0 Å². The summed E-state index contributed by atoms with van der Waals surface area (Å²) >= 11 is 0. The number of aliphatic imine (C=N–C) groups is 1. The number of nitrogens with one attached hydrogen (secondary N) is 2. The van der Waals surface area contributed by atoms with Gasteiger partial charge in [0.15, 0.2) is 5.96 Å². The number of carbonyl (C=O) groups excluding carboxylic acids is 1. The molecule has 1 aromatic rings. The Balaban J connectivity index is 2.62. The maximum Gasteiger partial charge on any atom is 0.241 e. The van der Waals surface area contributed by atoms with E-state index >= 15 is 0 Å². The first kappa shape index (κ1) is 22.0. The second kappa shape index (κ2) is 12.3. The van der Waals surface area contributed by atoms with Crippen molar-refractivity contribution in [3.05, 3.63) is 35.9 Å². The van der Waals surface area contributed by atoms with E-state index in [1.807, 2.05) is 37.3 Å². The predicted octanol–water partition coefficient (Wildman–Crippen LogP) is 2.26. The van der Waals surface area contributed by atoms with Crippen molar-refractivity contribution in [1.29, 1.82) is 0 Å². The molecule has 0 spiro atoms. The fourth-order valence-electron chi connectivity index (χ4n) is 2.40. The van der Waals surface area contributed by atoms with Crippen LogP contribution in [0.4, 0.5) is 0 Å². The molecule has 2 N–H and O–H groups in total. The number of carbonyl (C=O) groups is 1. The van der Waals surface area contributed by atoms with Crippen molar-refractivity contribution in [3.8, 4) is 0 Å². The molecule has 0 aliphatic heterocycles. The number of rotatable bonds is 10. The molecule has 0 fully saturated rings. The summed E-state index contributed by atoms with van der Waals surface area (Å²) in [5, 5.41) is 6.43. The van der Waals surface area contributed by atoms with E-state index in [2.05, 4.69) is 29.5 Å². The molecule has 1 aromatic carbocycles. The monoisotopic (exact) mass is 362 g/mol. The highest BCUT2D eigenvalue weighted by Crippen LogP contribution is 2.10. The fourth-order valence-corrected chi connectivity index (χ4v) is 2.40. The van der Waals surface area contributed by atoms with Gasteiger partial charge in [-0.3, -0.25) is 4.79 Å². The lowest BCUT2D eigenvalue weighted by molar-refractivity contribution is -0.127. The number of benzene rings is 1. The lowest BCUT2D eigenvalue weighted by atomic mass is 10.0. The minimum atomic E-state index is 0.00795.